The van der Waals surface area contributed by atoms with Gasteiger partial charge in [-0.15, -0.1) is 11.3 Å². The third-order valence-corrected chi connectivity index (χ3v) is 6.62. The van der Waals surface area contributed by atoms with Gasteiger partial charge in [-0.05, 0) is 51.3 Å². The van der Waals surface area contributed by atoms with Crippen molar-refractivity contribution in [3.05, 3.63) is 34.7 Å². The molecule has 0 radical (unpaired) electrons. The van der Waals surface area contributed by atoms with Crippen LogP contribution in [0.25, 0.3) is 11.3 Å². The molecule has 0 N–H and O–H groups in total. The molecule has 2 aliphatic rings. The molecule has 26 heavy (non-hydrogen) atoms. The molecule has 2 aliphatic heterocycles. The average Bonchev–Trinajstić information content (AvgIpc) is 3.15. The van der Waals surface area contributed by atoms with Crippen molar-refractivity contribution in [3.8, 4) is 11.3 Å². The summed E-state index contributed by atoms with van der Waals surface area (Å²) in [6.07, 6.45) is 5.41. The van der Waals surface area contributed by atoms with Gasteiger partial charge in [0.15, 0.2) is 0 Å². The zero-order valence-corrected chi connectivity index (χ0v) is 16.7. The fraction of sp³-hybridized carbons (Fsp3) is 0.571. The SMILES string of the molecule is COC1CCCN(C2CCN(c3cccc(-c4csc(C)n4)c3)CC2)C1. The summed E-state index contributed by atoms with van der Waals surface area (Å²) in [5.74, 6) is 0. The number of nitrogens with zero attached hydrogens (tertiary/aromatic N) is 3. The third kappa shape index (κ3) is 3.95. The lowest BCUT2D eigenvalue weighted by Crippen LogP contribution is -2.50. The predicted octanol–water partition coefficient (Wildman–Crippen LogP) is 4.20. The largest absolute Gasteiger partial charge is 0.380 e. The van der Waals surface area contributed by atoms with E-state index in [0.29, 0.717) is 12.1 Å². The van der Waals surface area contributed by atoms with Crippen LogP contribution in [0.1, 0.15) is 30.7 Å². The fourth-order valence-corrected chi connectivity index (χ4v) is 4.96. The van der Waals surface area contributed by atoms with Crippen molar-refractivity contribution in [2.75, 3.05) is 38.2 Å². The number of thiazole rings is 1. The third-order valence-electron chi connectivity index (χ3n) is 5.85. The van der Waals surface area contributed by atoms with E-state index in [1.54, 1.807) is 11.3 Å². The van der Waals surface area contributed by atoms with Gasteiger partial charge in [-0.3, -0.25) is 4.90 Å². The van der Waals surface area contributed by atoms with Gasteiger partial charge in [0.2, 0.25) is 0 Å². The highest BCUT2D eigenvalue weighted by Gasteiger charge is 2.29. The predicted molar refractivity (Wildman–Crippen MR) is 109 cm³/mol. The van der Waals surface area contributed by atoms with Crippen molar-refractivity contribution < 1.29 is 4.74 Å². The number of rotatable bonds is 4. The quantitative estimate of drug-likeness (QED) is 0.805. The normalized spacial score (nSPS) is 22.7. The van der Waals surface area contributed by atoms with Crippen LogP contribution in [0.2, 0.25) is 0 Å². The minimum atomic E-state index is 0.431. The molecule has 5 heteroatoms. The van der Waals surface area contributed by atoms with E-state index in [4.69, 9.17) is 4.74 Å². The van der Waals surface area contributed by atoms with Gasteiger partial charge in [0, 0.05) is 49.4 Å². The lowest BCUT2D eigenvalue weighted by atomic mass is 9.98. The van der Waals surface area contributed by atoms with Crippen molar-refractivity contribution in [3.63, 3.8) is 0 Å². The minimum Gasteiger partial charge on any atom is -0.380 e. The summed E-state index contributed by atoms with van der Waals surface area (Å²) in [6.45, 7) is 6.69. The Labute approximate surface area is 160 Å². The molecule has 0 saturated carbocycles. The van der Waals surface area contributed by atoms with Crippen LogP contribution in [-0.2, 0) is 4.74 Å². The lowest BCUT2D eigenvalue weighted by Gasteiger charge is -2.42. The van der Waals surface area contributed by atoms with Crippen molar-refractivity contribution >= 4 is 17.0 Å². The zero-order valence-electron chi connectivity index (χ0n) is 15.9. The number of ether oxygens (including phenoxy) is 1. The Morgan fingerprint density at radius 1 is 1.15 bits per heavy atom. The van der Waals surface area contributed by atoms with E-state index >= 15 is 0 Å². The first-order valence-corrected chi connectivity index (χ1v) is 10.7. The second-order valence-electron chi connectivity index (χ2n) is 7.52. The van der Waals surface area contributed by atoms with Crippen LogP contribution in [-0.4, -0.2) is 55.3 Å². The van der Waals surface area contributed by atoms with Crippen molar-refractivity contribution in [2.24, 2.45) is 0 Å². The Morgan fingerprint density at radius 2 is 2.00 bits per heavy atom. The number of aromatic nitrogens is 1. The molecule has 1 aromatic heterocycles. The molecule has 1 aromatic carbocycles. The molecule has 0 bridgehead atoms. The number of benzene rings is 1. The van der Waals surface area contributed by atoms with Crippen LogP contribution in [0, 0.1) is 6.92 Å². The van der Waals surface area contributed by atoms with Gasteiger partial charge in [-0.25, -0.2) is 4.98 Å². The summed E-state index contributed by atoms with van der Waals surface area (Å²) in [5.41, 5.74) is 3.66. The summed E-state index contributed by atoms with van der Waals surface area (Å²) >= 11 is 1.72. The molecule has 2 saturated heterocycles. The van der Waals surface area contributed by atoms with E-state index in [1.165, 1.54) is 43.5 Å². The summed E-state index contributed by atoms with van der Waals surface area (Å²) in [5, 5.41) is 3.28. The molecule has 4 nitrogen and oxygen atoms in total. The van der Waals surface area contributed by atoms with Crippen LogP contribution in [0.4, 0.5) is 5.69 Å². The Hall–Kier alpha value is -1.43. The average molecular weight is 372 g/mol. The number of hydrogen-bond acceptors (Lipinski definition) is 5. The van der Waals surface area contributed by atoms with E-state index in [1.807, 2.05) is 7.11 Å². The Kier molecular flexibility index (Phi) is 5.57. The molecule has 0 aliphatic carbocycles. The molecular formula is C21H29N3OS. The Balaban J connectivity index is 1.39. The second kappa shape index (κ2) is 8.07. The maximum absolute atomic E-state index is 5.60. The summed E-state index contributed by atoms with van der Waals surface area (Å²) < 4.78 is 5.60. The van der Waals surface area contributed by atoms with Gasteiger partial charge in [0.1, 0.15) is 0 Å². The molecule has 0 amide bonds. The Bertz CT molecular complexity index is 724. The van der Waals surface area contributed by atoms with Crippen LogP contribution in [0.3, 0.4) is 0 Å². The molecule has 1 unspecified atom stereocenters. The first kappa shape index (κ1) is 18.0. The van der Waals surface area contributed by atoms with Gasteiger partial charge in [-0.2, -0.15) is 0 Å². The molecule has 1 atom stereocenters. The van der Waals surface area contributed by atoms with E-state index in [-0.39, 0.29) is 0 Å². The molecule has 2 fully saturated rings. The Morgan fingerprint density at radius 3 is 2.73 bits per heavy atom. The molecule has 140 valence electrons. The van der Waals surface area contributed by atoms with Gasteiger partial charge in [0.05, 0.1) is 16.8 Å². The zero-order chi connectivity index (χ0) is 17.9. The highest BCUT2D eigenvalue weighted by Crippen LogP contribution is 2.29. The smallest absolute Gasteiger partial charge is 0.0901 e. The van der Waals surface area contributed by atoms with E-state index in [2.05, 4.69) is 51.4 Å². The second-order valence-corrected chi connectivity index (χ2v) is 8.58. The number of anilines is 1. The van der Waals surface area contributed by atoms with E-state index in [0.717, 1.165) is 30.3 Å². The topological polar surface area (TPSA) is 28.6 Å². The lowest BCUT2D eigenvalue weighted by molar-refractivity contribution is 0.0102. The molecular weight excluding hydrogens is 342 g/mol. The van der Waals surface area contributed by atoms with E-state index < -0.39 is 0 Å². The standard InChI is InChI=1S/C21H29N3OS/c1-16-22-21(15-26-16)17-5-3-6-19(13-17)23-11-8-18(9-12-23)24-10-4-7-20(14-24)25-2/h3,5-6,13,15,18,20H,4,7-12,14H2,1-2H3. The maximum atomic E-state index is 5.60. The van der Waals surface area contributed by atoms with Gasteiger partial charge in [0.25, 0.3) is 0 Å². The maximum Gasteiger partial charge on any atom is 0.0901 e. The highest BCUT2D eigenvalue weighted by atomic mass is 32.1. The monoisotopic (exact) mass is 371 g/mol. The molecule has 3 heterocycles. The van der Waals surface area contributed by atoms with Gasteiger partial charge >= 0.3 is 0 Å². The number of methoxy groups -OCH3 is 1. The summed E-state index contributed by atoms with van der Waals surface area (Å²) in [7, 11) is 1.85. The number of aryl methyl sites for hydroxylation is 1. The number of likely N-dealkylation sites (tertiary alicyclic amines) is 1. The highest BCUT2D eigenvalue weighted by molar-refractivity contribution is 7.09. The van der Waals surface area contributed by atoms with Gasteiger partial charge < -0.3 is 9.64 Å². The molecule has 4 rings (SSSR count). The number of hydrogen-bond donors (Lipinski definition) is 0. The summed E-state index contributed by atoms with van der Waals surface area (Å²) in [6, 6.07) is 9.60. The van der Waals surface area contributed by atoms with Crippen LogP contribution in [0.5, 0.6) is 0 Å². The van der Waals surface area contributed by atoms with Crippen LogP contribution < -0.4 is 4.90 Å². The van der Waals surface area contributed by atoms with Crippen LogP contribution >= 0.6 is 11.3 Å². The van der Waals surface area contributed by atoms with Crippen molar-refractivity contribution in [1.82, 2.24) is 9.88 Å². The van der Waals surface area contributed by atoms with Crippen molar-refractivity contribution in [2.45, 2.75) is 44.8 Å². The first-order chi connectivity index (χ1) is 12.7. The summed E-state index contributed by atoms with van der Waals surface area (Å²) in [4.78, 5) is 9.85. The van der Waals surface area contributed by atoms with E-state index in [9.17, 15) is 0 Å². The number of piperidine rings is 2. The van der Waals surface area contributed by atoms with Gasteiger partial charge in [-0.1, -0.05) is 12.1 Å². The fourth-order valence-electron chi connectivity index (χ4n) is 4.34. The minimum absolute atomic E-state index is 0.431. The van der Waals surface area contributed by atoms with Crippen molar-refractivity contribution in [1.29, 1.82) is 0 Å². The molecule has 2 aromatic rings. The molecule has 0 spiro atoms. The van der Waals surface area contributed by atoms with Crippen LogP contribution in [0.15, 0.2) is 29.6 Å². The first-order valence-electron chi connectivity index (χ1n) is 9.77.